The van der Waals surface area contributed by atoms with Gasteiger partial charge in [-0.25, -0.2) is 13.4 Å². The lowest BCUT2D eigenvalue weighted by Gasteiger charge is -2.17. The van der Waals surface area contributed by atoms with E-state index in [-0.39, 0.29) is 30.2 Å². The Morgan fingerprint density at radius 3 is 2.57 bits per heavy atom. The number of hydrogen-bond acceptors (Lipinski definition) is 5. The van der Waals surface area contributed by atoms with E-state index < -0.39 is 10.0 Å². The second kappa shape index (κ2) is 7.91. The normalized spacial score (nSPS) is 15.4. The highest BCUT2D eigenvalue weighted by atomic mass is 32.2. The van der Waals surface area contributed by atoms with E-state index in [2.05, 4.69) is 10.3 Å². The van der Waals surface area contributed by atoms with Gasteiger partial charge < -0.3 is 5.32 Å². The summed E-state index contributed by atoms with van der Waals surface area (Å²) in [5.74, 6) is 0.479. The van der Waals surface area contributed by atoms with E-state index in [9.17, 15) is 18.0 Å². The van der Waals surface area contributed by atoms with E-state index in [1.807, 2.05) is 6.07 Å². The molecule has 1 aliphatic heterocycles. The quantitative estimate of drug-likeness (QED) is 0.674. The summed E-state index contributed by atoms with van der Waals surface area (Å²) in [5, 5.41) is 3.31. The fourth-order valence-corrected chi connectivity index (χ4v) is 5.18. The number of anilines is 2. The van der Waals surface area contributed by atoms with E-state index in [0.717, 1.165) is 0 Å². The van der Waals surface area contributed by atoms with Gasteiger partial charge >= 0.3 is 0 Å². The van der Waals surface area contributed by atoms with Gasteiger partial charge in [0.25, 0.3) is 5.56 Å². The van der Waals surface area contributed by atoms with Crippen LogP contribution in [-0.2, 0) is 21.4 Å². The van der Waals surface area contributed by atoms with Gasteiger partial charge in [0.1, 0.15) is 5.82 Å². The number of aryl methyl sites for hydroxylation is 1. The Balaban J connectivity index is 1.42. The number of benzene rings is 2. The highest BCUT2D eigenvalue weighted by Crippen LogP contribution is 2.25. The van der Waals surface area contributed by atoms with Crippen molar-refractivity contribution in [3.05, 3.63) is 64.7 Å². The maximum atomic E-state index is 12.7. The molecule has 2 aromatic carbocycles. The van der Waals surface area contributed by atoms with Crippen molar-refractivity contribution in [3.63, 3.8) is 0 Å². The van der Waals surface area contributed by atoms with Crippen LogP contribution in [0.25, 0.3) is 10.9 Å². The molecular formula is C21H22N4O4S. The standard InChI is InChI=1S/C21H22N4O4S/c1-15-22-19-6-3-2-5-18(19)21(27)24(15)13-11-20(26)23-16-7-9-17(10-8-16)25-12-4-14-30(25,28)29/h2-3,5-10H,4,11-14H2,1H3,(H,23,26). The van der Waals surface area contributed by atoms with Gasteiger partial charge in [0.15, 0.2) is 0 Å². The molecule has 3 aromatic rings. The first-order valence-corrected chi connectivity index (χ1v) is 11.3. The average Bonchev–Trinajstić information content (AvgIpc) is 3.07. The molecule has 0 unspecified atom stereocenters. The monoisotopic (exact) mass is 426 g/mol. The number of sulfonamides is 1. The summed E-state index contributed by atoms with van der Waals surface area (Å²) >= 11 is 0. The number of hydrogen-bond donors (Lipinski definition) is 1. The minimum Gasteiger partial charge on any atom is -0.326 e. The summed E-state index contributed by atoms with van der Waals surface area (Å²) in [6, 6.07) is 13.8. The van der Waals surface area contributed by atoms with Gasteiger partial charge in [-0.3, -0.25) is 18.5 Å². The first kappa shape index (κ1) is 20.1. The van der Waals surface area contributed by atoms with Crippen LogP contribution in [0, 0.1) is 6.92 Å². The van der Waals surface area contributed by atoms with Crippen LogP contribution in [0.2, 0.25) is 0 Å². The van der Waals surface area contributed by atoms with Crippen LogP contribution in [0.5, 0.6) is 0 Å². The van der Waals surface area contributed by atoms with Crippen LogP contribution in [0.15, 0.2) is 53.3 Å². The van der Waals surface area contributed by atoms with E-state index in [4.69, 9.17) is 0 Å². The molecule has 2 heterocycles. The number of rotatable bonds is 5. The molecule has 0 spiro atoms. The zero-order chi connectivity index (χ0) is 21.3. The molecule has 156 valence electrons. The maximum Gasteiger partial charge on any atom is 0.261 e. The lowest BCUT2D eigenvalue weighted by Crippen LogP contribution is -2.26. The smallest absolute Gasteiger partial charge is 0.261 e. The van der Waals surface area contributed by atoms with Crippen LogP contribution in [0.3, 0.4) is 0 Å². The molecular weight excluding hydrogens is 404 g/mol. The molecule has 30 heavy (non-hydrogen) atoms. The molecule has 9 heteroatoms. The first-order valence-electron chi connectivity index (χ1n) is 9.72. The number of carbonyl (C=O) groups is 1. The Kier molecular flexibility index (Phi) is 5.29. The second-order valence-electron chi connectivity index (χ2n) is 7.22. The number of para-hydroxylation sites is 1. The maximum absolute atomic E-state index is 12.7. The van der Waals surface area contributed by atoms with Gasteiger partial charge in [-0.05, 0) is 49.7 Å². The number of aromatic nitrogens is 2. The Labute approximate surface area is 174 Å². The Morgan fingerprint density at radius 1 is 1.13 bits per heavy atom. The Bertz CT molecular complexity index is 1270. The Hall–Kier alpha value is -3.20. The van der Waals surface area contributed by atoms with Gasteiger partial charge in [-0.2, -0.15) is 0 Å². The zero-order valence-corrected chi connectivity index (χ0v) is 17.4. The predicted molar refractivity (Wildman–Crippen MR) is 116 cm³/mol. The topological polar surface area (TPSA) is 101 Å². The van der Waals surface area contributed by atoms with Crippen molar-refractivity contribution in [2.24, 2.45) is 0 Å². The van der Waals surface area contributed by atoms with Crippen LogP contribution in [-0.4, -0.2) is 36.2 Å². The van der Waals surface area contributed by atoms with Gasteiger partial charge in [0.2, 0.25) is 15.9 Å². The summed E-state index contributed by atoms with van der Waals surface area (Å²) in [6.45, 7) is 2.44. The third kappa shape index (κ3) is 3.93. The zero-order valence-electron chi connectivity index (χ0n) is 16.5. The van der Waals surface area contributed by atoms with Crippen LogP contribution in [0.1, 0.15) is 18.7 Å². The number of nitrogens with zero attached hydrogens (tertiary/aromatic N) is 3. The van der Waals surface area contributed by atoms with E-state index >= 15 is 0 Å². The largest absolute Gasteiger partial charge is 0.326 e. The molecule has 0 saturated carbocycles. The van der Waals surface area contributed by atoms with Gasteiger partial charge in [-0.1, -0.05) is 12.1 Å². The van der Waals surface area contributed by atoms with Gasteiger partial charge in [0.05, 0.1) is 22.3 Å². The number of fused-ring (bicyclic) bond motifs is 1. The summed E-state index contributed by atoms with van der Waals surface area (Å²) < 4.78 is 26.9. The fourth-order valence-electron chi connectivity index (χ4n) is 3.62. The molecule has 0 bridgehead atoms. The summed E-state index contributed by atoms with van der Waals surface area (Å²) in [6.07, 6.45) is 0.728. The molecule has 1 saturated heterocycles. The lowest BCUT2D eigenvalue weighted by atomic mass is 10.2. The SMILES string of the molecule is Cc1nc2ccccc2c(=O)n1CCC(=O)Nc1ccc(N2CCCS2(=O)=O)cc1. The van der Waals surface area contributed by atoms with Crippen molar-refractivity contribution in [1.82, 2.24) is 9.55 Å². The van der Waals surface area contributed by atoms with Crippen LogP contribution >= 0.6 is 0 Å². The molecule has 4 rings (SSSR count). The highest BCUT2D eigenvalue weighted by molar-refractivity contribution is 7.93. The van der Waals surface area contributed by atoms with E-state index in [0.29, 0.717) is 41.1 Å². The predicted octanol–water partition coefficient (Wildman–Crippen LogP) is 2.27. The molecule has 1 aromatic heterocycles. The second-order valence-corrected chi connectivity index (χ2v) is 9.23. The van der Waals surface area contributed by atoms with Crippen molar-refractivity contribution in [2.45, 2.75) is 26.3 Å². The molecule has 0 aliphatic carbocycles. The van der Waals surface area contributed by atoms with Gasteiger partial charge in [0, 0.05) is 25.2 Å². The average molecular weight is 426 g/mol. The third-order valence-electron chi connectivity index (χ3n) is 5.15. The number of nitrogens with one attached hydrogen (secondary N) is 1. The molecule has 1 fully saturated rings. The highest BCUT2D eigenvalue weighted by Gasteiger charge is 2.28. The fraction of sp³-hybridized carbons (Fsp3) is 0.286. The van der Waals surface area contributed by atoms with Crippen molar-refractivity contribution < 1.29 is 13.2 Å². The van der Waals surface area contributed by atoms with Crippen molar-refractivity contribution in [3.8, 4) is 0 Å². The summed E-state index contributed by atoms with van der Waals surface area (Å²) in [4.78, 5) is 29.5. The third-order valence-corrected chi connectivity index (χ3v) is 7.02. The molecule has 0 atom stereocenters. The minimum absolute atomic E-state index is 0.114. The molecule has 0 radical (unpaired) electrons. The molecule has 1 amide bonds. The molecule has 1 N–H and O–H groups in total. The number of amides is 1. The molecule has 1 aliphatic rings. The summed E-state index contributed by atoms with van der Waals surface area (Å²) in [5.41, 5.74) is 1.64. The minimum atomic E-state index is -3.23. The first-order chi connectivity index (χ1) is 14.3. The van der Waals surface area contributed by atoms with E-state index in [1.54, 1.807) is 49.4 Å². The summed E-state index contributed by atoms with van der Waals surface area (Å²) in [7, 11) is -3.23. The van der Waals surface area contributed by atoms with Crippen LogP contribution < -0.4 is 15.2 Å². The molecule has 8 nitrogen and oxygen atoms in total. The van der Waals surface area contributed by atoms with E-state index in [1.165, 1.54) is 8.87 Å². The van der Waals surface area contributed by atoms with Crippen LogP contribution in [0.4, 0.5) is 11.4 Å². The van der Waals surface area contributed by atoms with Crippen molar-refractivity contribution in [1.29, 1.82) is 0 Å². The van der Waals surface area contributed by atoms with Gasteiger partial charge in [-0.15, -0.1) is 0 Å². The number of carbonyl (C=O) groups excluding carboxylic acids is 1. The lowest BCUT2D eigenvalue weighted by molar-refractivity contribution is -0.116. The van der Waals surface area contributed by atoms with Crippen molar-refractivity contribution in [2.75, 3.05) is 21.9 Å². The Morgan fingerprint density at radius 2 is 1.87 bits per heavy atom. The van der Waals surface area contributed by atoms with Crippen molar-refractivity contribution >= 4 is 38.2 Å².